The molecule has 1 aromatic heterocycles. The summed E-state index contributed by atoms with van der Waals surface area (Å²) in [5.74, 6) is 1.37. The Bertz CT molecular complexity index is 369. The second-order valence-electron chi connectivity index (χ2n) is 5.13. The van der Waals surface area contributed by atoms with Crippen LogP contribution in [0.4, 0.5) is 0 Å². The van der Waals surface area contributed by atoms with E-state index in [0.717, 1.165) is 12.8 Å². The molecule has 102 valence electrons. The topological polar surface area (TPSA) is 74.2 Å². The van der Waals surface area contributed by atoms with Crippen LogP contribution >= 0.6 is 0 Å². The quantitative estimate of drug-likeness (QED) is 0.806. The molecule has 0 radical (unpaired) electrons. The molecular formula is C13H23N3O2. The van der Waals surface area contributed by atoms with Crippen molar-refractivity contribution in [2.75, 3.05) is 13.2 Å². The Morgan fingerprint density at radius 3 is 2.72 bits per heavy atom. The van der Waals surface area contributed by atoms with E-state index in [9.17, 15) is 0 Å². The predicted molar refractivity (Wildman–Crippen MR) is 68.0 cm³/mol. The van der Waals surface area contributed by atoms with Gasteiger partial charge in [0.2, 0.25) is 11.7 Å². The summed E-state index contributed by atoms with van der Waals surface area (Å²) in [6, 6.07) is 0. The molecule has 1 heterocycles. The average molecular weight is 253 g/mol. The number of aromatic nitrogens is 2. The molecule has 1 unspecified atom stereocenters. The number of ether oxygens (including phenoxy) is 1. The lowest BCUT2D eigenvalue weighted by atomic mass is 9.67. The SMILES string of the molecule is CCOC(CC)c1noc(CC2(CN)CCC2)n1. The molecule has 0 aliphatic heterocycles. The first-order valence-electron chi connectivity index (χ1n) is 6.87. The van der Waals surface area contributed by atoms with E-state index >= 15 is 0 Å². The zero-order chi connectivity index (χ0) is 13.0. The molecule has 0 saturated heterocycles. The van der Waals surface area contributed by atoms with Crippen LogP contribution in [0.15, 0.2) is 4.52 Å². The van der Waals surface area contributed by atoms with E-state index in [1.807, 2.05) is 6.92 Å². The zero-order valence-corrected chi connectivity index (χ0v) is 11.3. The highest BCUT2D eigenvalue weighted by Gasteiger charge is 2.37. The molecule has 1 aromatic rings. The lowest BCUT2D eigenvalue weighted by Gasteiger charge is -2.39. The number of hydrogen-bond donors (Lipinski definition) is 1. The van der Waals surface area contributed by atoms with Crippen LogP contribution in [0.25, 0.3) is 0 Å². The molecule has 1 saturated carbocycles. The maximum absolute atomic E-state index is 5.84. The van der Waals surface area contributed by atoms with Gasteiger partial charge in [-0.05, 0) is 38.1 Å². The largest absolute Gasteiger partial charge is 0.370 e. The van der Waals surface area contributed by atoms with Crippen molar-refractivity contribution in [3.63, 3.8) is 0 Å². The fraction of sp³-hybridized carbons (Fsp3) is 0.846. The summed E-state index contributed by atoms with van der Waals surface area (Å²) in [5, 5.41) is 4.03. The Hall–Kier alpha value is -0.940. The van der Waals surface area contributed by atoms with Crippen LogP contribution in [-0.2, 0) is 11.2 Å². The van der Waals surface area contributed by atoms with Gasteiger partial charge in [-0.1, -0.05) is 18.5 Å². The summed E-state index contributed by atoms with van der Waals surface area (Å²) >= 11 is 0. The van der Waals surface area contributed by atoms with Crippen molar-refractivity contribution in [3.05, 3.63) is 11.7 Å². The van der Waals surface area contributed by atoms with Crippen molar-refractivity contribution in [2.45, 2.75) is 52.1 Å². The summed E-state index contributed by atoms with van der Waals surface area (Å²) < 4.78 is 10.9. The minimum atomic E-state index is -0.0530. The Labute approximate surface area is 108 Å². The summed E-state index contributed by atoms with van der Waals surface area (Å²) in [6.07, 6.45) is 5.21. The van der Waals surface area contributed by atoms with Crippen LogP contribution in [-0.4, -0.2) is 23.3 Å². The molecule has 2 rings (SSSR count). The van der Waals surface area contributed by atoms with Gasteiger partial charge in [0.15, 0.2) is 0 Å². The highest BCUT2D eigenvalue weighted by atomic mass is 16.5. The van der Waals surface area contributed by atoms with E-state index in [1.165, 1.54) is 19.3 Å². The molecule has 5 nitrogen and oxygen atoms in total. The number of hydrogen-bond acceptors (Lipinski definition) is 5. The predicted octanol–water partition coefficient (Wildman–Crippen LogP) is 2.23. The smallest absolute Gasteiger partial charge is 0.227 e. The van der Waals surface area contributed by atoms with Crippen molar-refractivity contribution in [2.24, 2.45) is 11.1 Å². The molecule has 1 aliphatic carbocycles. The maximum atomic E-state index is 5.84. The third-order valence-corrected chi connectivity index (χ3v) is 3.88. The highest BCUT2D eigenvalue weighted by molar-refractivity contribution is 4.99. The van der Waals surface area contributed by atoms with Gasteiger partial charge in [-0.15, -0.1) is 0 Å². The number of rotatable bonds is 7. The lowest BCUT2D eigenvalue weighted by Crippen LogP contribution is -2.39. The minimum absolute atomic E-state index is 0.0530. The van der Waals surface area contributed by atoms with Crippen LogP contribution < -0.4 is 5.73 Å². The molecule has 5 heteroatoms. The van der Waals surface area contributed by atoms with Gasteiger partial charge in [-0.2, -0.15) is 4.98 Å². The molecule has 0 bridgehead atoms. The fourth-order valence-electron chi connectivity index (χ4n) is 2.50. The van der Waals surface area contributed by atoms with Crippen molar-refractivity contribution in [3.8, 4) is 0 Å². The van der Waals surface area contributed by atoms with Crippen molar-refractivity contribution >= 4 is 0 Å². The standard InChI is InChI=1S/C13H23N3O2/c1-3-10(17-4-2)12-15-11(18-16-12)8-13(9-14)6-5-7-13/h10H,3-9,14H2,1-2H3. The Morgan fingerprint density at radius 2 is 2.22 bits per heavy atom. The normalized spacial score (nSPS) is 19.5. The molecule has 0 aromatic carbocycles. The van der Waals surface area contributed by atoms with Crippen LogP contribution in [0.2, 0.25) is 0 Å². The molecular weight excluding hydrogens is 230 g/mol. The third-order valence-electron chi connectivity index (χ3n) is 3.88. The fourth-order valence-corrected chi connectivity index (χ4v) is 2.50. The van der Waals surface area contributed by atoms with Crippen molar-refractivity contribution in [1.82, 2.24) is 10.1 Å². The van der Waals surface area contributed by atoms with E-state index in [0.29, 0.717) is 24.9 Å². The summed E-state index contributed by atoms with van der Waals surface area (Å²) in [4.78, 5) is 4.46. The van der Waals surface area contributed by atoms with Crippen LogP contribution in [0.1, 0.15) is 57.3 Å². The third kappa shape index (κ3) is 2.72. The maximum Gasteiger partial charge on any atom is 0.227 e. The second kappa shape index (κ2) is 5.80. The van der Waals surface area contributed by atoms with E-state index in [4.69, 9.17) is 15.0 Å². The first-order valence-corrected chi connectivity index (χ1v) is 6.87. The van der Waals surface area contributed by atoms with Gasteiger partial charge >= 0.3 is 0 Å². The van der Waals surface area contributed by atoms with E-state index in [1.54, 1.807) is 0 Å². The van der Waals surface area contributed by atoms with Gasteiger partial charge in [0.1, 0.15) is 6.10 Å². The molecule has 1 aliphatic rings. The van der Waals surface area contributed by atoms with Gasteiger partial charge in [-0.25, -0.2) is 0 Å². The van der Waals surface area contributed by atoms with Gasteiger partial charge in [0.25, 0.3) is 0 Å². The van der Waals surface area contributed by atoms with Gasteiger partial charge in [-0.3, -0.25) is 0 Å². The molecule has 18 heavy (non-hydrogen) atoms. The summed E-state index contributed by atoms with van der Waals surface area (Å²) in [7, 11) is 0. The van der Waals surface area contributed by atoms with E-state index < -0.39 is 0 Å². The Balaban J connectivity index is 2.01. The van der Waals surface area contributed by atoms with Crippen LogP contribution in [0, 0.1) is 5.41 Å². The minimum Gasteiger partial charge on any atom is -0.370 e. The van der Waals surface area contributed by atoms with E-state index in [2.05, 4.69) is 17.1 Å². The van der Waals surface area contributed by atoms with Crippen molar-refractivity contribution < 1.29 is 9.26 Å². The molecule has 1 fully saturated rings. The lowest BCUT2D eigenvalue weighted by molar-refractivity contribution is 0.0518. The van der Waals surface area contributed by atoms with Crippen molar-refractivity contribution in [1.29, 1.82) is 0 Å². The van der Waals surface area contributed by atoms with Gasteiger partial charge in [0.05, 0.1) is 0 Å². The first-order chi connectivity index (χ1) is 8.73. The summed E-state index contributed by atoms with van der Waals surface area (Å²) in [6.45, 7) is 5.40. The molecule has 0 spiro atoms. The van der Waals surface area contributed by atoms with Gasteiger partial charge in [0, 0.05) is 13.0 Å². The Morgan fingerprint density at radius 1 is 1.44 bits per heavy atom. The van der Waals surface area contributed by atoms with Gasteiger partial charge < -0.3 is 15.0 Å². The van der Waals surface area contributed by atoms with Crippen LogP contribution in [0.3, 0.4) is 0 Å². The zero-order valence-electron chi connectivity index (χ0n) is 11.3. The average Bonchev–Trinajstić information content (AvgIpc) is 2.79. The molecule has 2 N–H and O–H groups in total. The number of nitrogens with two attached hydrogens (primary N) is 1. The monoisotopic (exact) mass is 253 g/mol. The second-order valence-corrected chi connectivity index (χ2v) is 5.13. The number of nitrogens with zero attached hydrogens (tertiary/aromatic N) is 2. The summed E-state index contributed by atoms with van der Waals surface area (Å²) in [5.41, 5.74) is 6.05. The highest BCUT2D eigenvalue weighted by Crippen LogP contribution is 2.42. The first kappa shape index (κ1) is 13.5. The Kier molecular flexibility index (Phi) is 4.35. The molecule has 1 atom stereocenters. The van der Waals surface area contributed by atoms with Crippen LogP contribution in [0.5, 0.6) is 0 Å². The van der Waals surface area contributed by atoms with E-state index in [-0.39, 0.29) is 11.5 Å². The molecule has 0 amide bonds.